The molecule has 3 heterocycles. The van der Waals surface area contributed by atoms with Crippen molar-refractivity contribution < 1.29 is 40.6 Å². The average molecular weight is 526 g/mol. The fourth-order valence-electron chi connectivity index (χ4n) is 5.06. The molecule has 0 saturated carbocycles. The zero-order valence-electron chi connectivity index (χ0n) is 19.2. The van der Waals surface area contributed by atoms with Crippen molar-refractivity contribution in [2.45, 2.75) is 42.9 Å². The Labute approximate surface area is 207 Å². The van der Waals surface area contributed by atoms with Crippen molar-refractivity contribution in [3.05, 3.63) is 83.4 Å². The molecule has 2 aliphatic heterocycles. The summed E-state index contributed by atoms with van der Waals surface area (Å²) in [5.74, 6) is -0.517. The first-order valence-corrected chi connectivity index (χ1v) is 11.4. The Hall–Kier alpha value is -3.18. The van der Waals surface area contributed by atoms with Crippen LogP contribution >= 0.6 is 0 Å². The normalized spacial score (nSPS) is 20.3. The predicted octanol–water partition coefficient (Wildman–Crippen LogP) is 5.78. The summed E-state index contributed by atoms with van der Waals surface area (Å²) in [4.78, 5) is 6.32. The van der Waals surface area contributed by atoms with Gasteiger partial charge >= 0.3 is 12.4 Å². The summed E-state index contributed by atoms with van der Waals surface area (Å²) in [5.41, 5.74) is -5.01. The van der Waals surface area contributed by atoms with E-state index in [4.69, 9.17) is 4.74 Å². The highest BCUT2D eigenvalue weighted by molar-refractivity contribution is 5.65. The minimum absolute atomic E-state index is 0.0725. The minimum Gasteiger partial charge on any atom is -0.484 e. The van der Waals surface area contributed by atoms with Crippen LogP contribution in [0.5, 0.6) is 5.75 Å². The number of aromatic nitrogens is 1. The lowest BCUT2D eigenvalue weighted by molar-refractivity contribution is -0.376. The monoisotopic (exact) mass is 526 g/mol. The molecule has 1 aromatic heterocycles. The summed E-state index contributed by atoms with van der Waals surface area (Å²) in [6.07, 6.45) is -7.08. The van der Waals surface area contributed by atoms with Gasteiger partial charge in [0, 0.05) is 55.4 Å². The molecule has 0 amide bonds. The molecule has 0 bridgehead atoms. The van der Waals surface area contributed by atoms with Crippen molar-refractivity contribution in [1.29, 1.82) is 0 Å². The Balaban J connectivity index is 1.29. The number of hydrogen-bond donors (Lipinski definition) is 1. The van der Waals surface area contributed by atoms with Crippen LogP contribution in [-0.4, -0.2) is 46.0 Å². The summed E-state index contributed by atoms with van der Waals surface area (Å²) < 4.78 is 99.5. The fraction of sp³-hybridized carbons (Fsp3) is 0.346. The van der Waals surface area contributed by atoms with Crippen molar-refractivity contribution in [2.75, 3.05) is 13.1 Å². The molecular weight excluding hydrogens is 505 g/mol. The van der Waals surface area contributed by atoms with Gasteiger partial charge in [0.25, 0.3) is 5.60 Å². The summed E-state index contributed by atoms with van der Waals surface area (Å²) in [5, 5.41) is 9.51. The molecule has 5 rings (SSSR count). The first-order chi connectivity index (χ1) is 17.3. The van der Waals surface area contributed by atoms with Crippen molar-refractivity contribution in [3.8, 4) is 16.9 Å². The number of aliphatic hydroxyl groups is 1. The van der Waals surface area contributed by atoms with E-state index in [1.54, 1.807) is 36.7 Å². The number of ether oxygens (including phenoxy) is 1. The molecule has 2 aliphatic rings. The largest absolute Gasteiger partial charge is 0.484 e. The van der Waals surface area contributed by atoms with Crippen LogP contribution < -0.4 is 4.74 Å². The Bertz CT molecular complexity index is 1270. The molecule has 0 radical (unpaired) electrons. The minimum atomic E-state index is -6.09. The summed E-state index contributed by atoms with van der Waals surface area (Å²) in [6.45, 7) is 2.10. The molecular formula is C26H21F7N2O2. The quantitative estimate of drug-likeness (QED) is 0.438. The van der Waals surface area contributed by atoms with Gasteiger partial charge in [0.2, 0.25) is 0 Å². The van der Waals surface area contributed by atoms with Crippen molar-refractivity contribution in [1.82, 2.24) is 9.88 Å². The number of halogens is 7. The molecule has 1 spiro atoms. The molecule has 1 N–H and O–H groups in total. The Morgan fingerprint density at radius 1 is 0.973 bits per heavy atom. The molecule has 37 heavy (non-hydrogen) atoms. The van der Waals surface area contributed by atoms with Crippen LogP contribution in [0.2, 0.25) is 0 Å². The molecule has 0 aliphatic carbocycles. The van der Waals surface area contributed by atoms with E-state index in [1.165, 1.54) is 0 Å². The second-order valence-corrected chi connectivity index (χ2v) is 9.50. The van der Waals surface area contributed by atoms with E-state index >= 15 is 0 Å². The summed E-state index contributed by atoms with van der Waals surface area (Å²) >= 11 is 0. The maximum Gasteiger partial charge on any atom is 0.430 e. The topological polar surface area (TPSA) is 45.6 Å². The van der Waals surface area contributed by atoms with Gasteiger partial charge in [-0.05, 0) is 23.3 Å². The third-order valence-corrected chi connectivity index (χ3v) is 6.98. The highest BCUT2D eigenvalue weighted by Crippen LogP contribution is 2.50. The van der Waals surface area contributed by atoms with Crippen LogP contribution in [0.4, 0.5) is 30.7 Å². The van der Waals surface area contributed by atoms with Crippen molar-refractivity contribution in [2.24, 2.45) is 0 Å². The number of fused-ring (bicyclic) bond motifs is 1. The fourth-order valence-corrected chi connectivity index (χ4v) is 5.06. The molecule has 1 saturated heterocycles. The Kier molecular flexibility index (Phi) is 5.99. The first-order valence-electron chi connectivity index (χ1n) is 11.4. The van der Waals surface area contributed by atoms with Gasteiger partial charge in [-0.15, -0.1) is 0 Å². The van der Waals surface area contributed by atoms with Gasteiger partial charge in [-0.3, -0.25) is 9.88 Å². The lowest BCUT2D eigenvalue weighted by atomic mass is 9.90. The van der Waals surface area contributed by atoms with Gasteiger partial charge in [-0.1, -0.05) is 36.4 Å². The number of nitrogens with zero attached hydrogens (tertiary/aromatic N) is 2. The van der Waals surface area contributed by atoms with Crippen LogP contribution in [0.15, 0.2) is 60.9 Å². The highest BCUT2D eigenvalue weighted by Gasteiger charge is 2.71. The third kappa shape index (κ3) is 4.44. The van der Waals surface area contributed by atoms with Crippen molar-refractivity contribution >= 4 is 0 Å². The van der Waals surface area contributed by atoms with E-state index in [9.17, 15) is 35.8 Å². The van der Waals surface area contributed by atoms with Crippen LogP contribution in [0.3, 0.4) is 0 Å². The lowest BCUT2D eigenvalue weighted by Gasteiger charge is -2.32. The molecule has 1 fully saturated rings. The Morgan fingerprint density at radius 2 is 1.68 bits per heavy atom. The second-order valence-electron chi connectivity index (χ2n) is 9.50. The second kappa shape index (κ2) is 8.70. The van der Waals surface area contributed by atoms with Crippen LogP contribution in [-0.2, 0) is 18.6 Å². The van der Waals surface area contributed by atoms with Crippen LogP contribution in [0, 0.1) is 5.82 Å². The van der Waals surface area contributed by atoms with Gasteiger partial charge < -0.3 is 9.84 Å². The van der Waals surface area contributed by atoms with Crippen LogP contribution in [0.1, 0.15) is 23.1 Å². The van der Waals surface area contributed by atoms with Gasteiger partial charge in [-0.25, -0.2) is 4.39 Å². The van der Waals surface area contributed by atoms with Gasteiger partial charge in [0.05, 0.1) is 6.20 Å². The number of hydrogen-bond acceptors (Lipinski definition) is 4. The lowest BCUT2D eigenvalue weighted by Crippen LogP contribution is -2.53. The standard InChI is InChI=1S/C26H21F7N2O2/c27-21-11-19(24(36,25(28,29)30)26(31,32)33)5-6-20(21)17-3-1-16(2-4-17)14-35-10-8-23(15-35)12-18-7-9-34-13-22(18)37-23/h1-7,9,11,13,36H,8,10,12,14-15H2. The number of pyridine rings is 1. The van der Waals surface area contributed by atoms with E-state index in [0.29, 0.717) is 19.2 Å². The Morgan fingerprint density at radius 3 is 2.30 bits per heavy atom. The summed E-state index contributed by atoms with van der Waals surface area (Å²) in [7, 11) is 0. The van der Waals surface area contributed by atoms with E-state index in [2.05, 4.69) is 9.88 Å². The van der Waals surface area contributed by atoms with E-state index < -0.39 is 29.3 Å². The molecule has 11 heteroatoms. The van der Waals surface area contributed by atoms with Gasteiger partial charge in [-0.2, -0.15) is 26.3 Å². The number of likely N-dealkylation sites (tertiary alicyclic amines) is 1. The highest BCUT2D eigenvalue weighted by atomic mass is 19.4. The maximum atomic E-state index is 14.7. The zero-order valence-corrected chi connectivity index (χ0v) is 19.2. The molecule has 196 valence electrons. The predicted molar refractivity (Wildman–Crippen MR) is 119 cm³/mol. The third-order valence-electron chi connectivity index (χ3n) is 6.98. The number of rotatable bonds is 4. The number of benzene rings is 2. The number of alkyl halides is 6. The molecule has 1 atom stereocenters. The molecule has 2 aromatic carbocycles. The summed E-state index contributed by atoms with van der Waals surface area (Å²) in [6, 6.07) is 9.81. The van der Waals surface area contributed by atoms with E-state index in [0.717, 1.165) is 42.3 Å². The SMILES string of the molecule is OC(c1ccc(-c2ccc(CN3CCC4(Cc5ccncc5O4)C3)cc2)c(F)c1)(C(F)(F)F)C(F)(F)F. The van der Waals surface area contributed by atoms with E-state index in [-0.39, 0.29) is 22.8 Å². The average Bonchev–Trinajstić information content (AvgIpc) is 3.39. The van der Waals surface area contributed by atoms with Gasteiger partial charge in [0.15, 0.2) is 0 Å². The first kappa shape index (κ1) is 25.5. The van der Waals surface area contributed by atoms with Gasteiger partial charge in [0.1, 0.15) is 17.2 Å². The van der Waals surface area contributed by atoms with Crippen molar-refractivity contribution in [3.63, 3.8) is 0 Å². The van der Waals surface area contributed by atoms with E-state index in [1.807, 2.05) is 6.07 Å². The molecule has 1 unspecified atom stereocenters. The molecule has 4 nitrogen and oxygen atoms in total. The maximum absolute atomic E-state index is 14.7. The van der Waals surface area contributed by atoms with Crippen LogP contribution in [0.25, 0.3) is 11.1 Å². The molecule has 3 aromatic rings. The zero-order chi connectivity index (χ0) is 26.6. The smallest absolute Gasteiger partial charge is 0.430 e.